The number of nitrogens with one attached hydrogen (secondary N) is 1. The maximum atomic E-state index is 12.2. The fraction of sp³-hybridized carbons (Fsp3) is 0.632. The summed E-state index contributed by atoms with van der Waals surface area (Å²) in [6.07, 6.45) is 0. The van der Waals surface area contributed by atoms with E-state index in [9.17, 15) is 4.21 Å². The molecule has 0 saturated carbocycles. The molecule has 1 aliphatic heterocycles. The van der Waals surface area contributed by atoms with Crippen LogP contribution in [-0.2, 0) is 10.8 Å². The summed E-state index contributed by atoms with van der Waals surface area (Å²) >= 11 is 6.11. The van der Waals surface area contributed by atoms with Crippen molar-refractivity contribution >= 4 is 58.0 Å². The molecule has 1 N–H and O–H groups in total. The van der Waals surface area contributed by atoms with Crippen LogP contribution in [0.4, 0.5) is 5.69 Å². The van der Waals surface area contributed by atoms with Gasteiger partial charge < -0.3 is 15.1 Å². The van der Waals surface area contributed by atoms with Gasteiger partial charge in [-0.2, -0.15) is 0 Å². The molecule has 1 fully saturated rings. The van der Waals surface area contributed by atoms with E-state index in [4.69, 9.17) is 16.6 Å². The van der Waals surface area contributed by atoms with Gasteiger partial charge in [0, 0.05) is 64.7 Å². The Bertz CT molecular complexity index is 643. The molecular formula is C19H32ClIN4OS. The number of nitrogens with zero attached hydrogens (tertiary/aromatic N) is 3. The van der Waals surface area contributed by atoms with Crippen molar-refractivity contribution < 1.29 is 4.21 Å². The third-order valence-corrected chi connectivity index (χ3v) is 6.46. The molecule has 1 atom stereocenters. The molecule has 1 unspecified atom stereocenters. The third kappa shape index (κ3) is 7.77. The first kappa shape index (κ1) is 24.5. The van der Waals surface area contributed by atoms with Crippen molar-refractivity contribution in [2.24, 2.45) is 4.99 Å². The Morgan fingerprint density at radius 2 is 1.93 bits per heavy atom. The minimum absolute atomic E-state index is 0. The van der Waals surface area contributed by atoms with Crippen molar-refractivity contribution in [1.82, 2.24) is 10.2 Å². The second kappa shape index (κ2) is 11.5. The summed E-state index contributed by atoms with van der Waals surface area (Å²) in [6.45, 7) is 13.2. The van der Waals surface area contributed by atoms with Gasteiger partial charge in [-0.15, -0.1) is 24.0 Å². The molecule has 1 aromatic rings. The van der Waals surface area contributed by atoms with E-state index in [1.165, 1.54) is 5.69 Å². The van der Waals surface area contributed by atoms with Crippen molar-refractivity contribution in [3.05, 3.63) is 29.3 Å². The number of halogens is 2. The van der Waals surface area contributed by atoms with E-state index in [1.807, 2.05) is 39.0 Å². The number of hydrogen-bond donors (Lipinski definition) is 1. The van der Waals surface area contributed by atoms with Gasteiger partial charge >= 0.3 is 0 Å². The Balaban J connectivity index is 0.00000364. The van der Waals surface area contributed by atoms with Crippen LogP contribution in [0.25, 0.3) is 0 Å². The minimum atomic E-state index is -0.870. The van der Waals surface area contributed by atoms with Gasteiger partial charge in [0.25, 0.3) is 0 Å². The van der Waals surface area contributed by atoms with E-state index in [0.717, 1.165) is 43.7 Å². The first-order valence-corrected chi connectivity index (χ1v) is 10.9. The van der Waals surface area contributed by atoms with Gasteiger partial charge in [0.2, 0.25) is 0 Å². The highest BCUT2D eigenvalue weighted by Gasteiger charge is 2.21. The first-order valence-electron chi connectivity index (χ1n) is 9.23. The number of hydrogen-bond acceptors (Lipinski definition) is 3. The van der Waals surface area contributed by atoms with E-state index in [1.54, 1.807) is 0 Å². The topological polar surface area (TPSA) is 47.9 Å². The summed E-state index contributed by atoms with van der Waals surface area (Å²) < 4.78 is 12.0. The molecule has 0 radical (unpaired) electrons. The smallest absolute Gasteiger partial charge is 0.194 e. The predicted molar refractivity (Wildman–Crippen MR) is 129 cm³/mol. The lowest BCUT2D eigenvalue weighted by molar-refractivity contribution is 0.373. The molecular weight excluding hydrogens is 495 g/mol. The summed E-state index contributed by atoms with van der Waals surface area (Å²) in [5.74, 6) is 1.52. The zero-order valence-electron chi connectivity index (χ0n) is 16.7. The van der Waals surface area contributed by atoms with Crippen LogP contribution in [0.3, 0.4) is 0 Å². The van der Waals surface area contributed by atoms with Crippen molar-refractivity contribution in [3.63, 3.8) is 0 Å². The molecule has 5 nitrogen and oxygen atoms in total. The van der Waals surface area contributed by atoms with Gasteiger partial charge in [-0.25, -0.2) is 0 Å². The number of anilines is 1. The number of piperazine rings is 1. The minimum Gasteiger partial charge on any atom is -0.368 e. The van der Waals surface area contributed by atoms with E-state index in [2.05, 4.69) is 28.1 Å². The lowest BCUT2D eigenvalue weighted by atomic mass is 10.2. The maximum absolute atomic E-state index is 12.2. The van der Waals surface area contributed by atoms with Gasteiger partial charge in [-0.1, -0.05) is 17.7 Å². The fourth-order valence-electron chi connectivity index (χ4n) is 2.82. The Hall–Kier alpha value is -0.540. The van der Waals surface area contributed by atoms with Gasteiger partial charge in [-0.05, 0) is 45.9 Å². The van der Waals surface area contributed by atoms with Crippen LogP contribution >= 0.6 is 35.6 Å². The Morgan fingerprint density at radius 3 is 2.48 bits per heavy atom. The van der Waals surface area contributed by atoms with Crippen molar-refractivity contribution in [2.75, 3.05) is 49.9 Å². The Morgan fingerprint density at radius 1 is 1.26 bits per heavy atom. The van der Waals surface area contributed by atoms with Gasteiger partial charge in [-0.3, -0.25) is 9.20 Å². The lowest BCUT2D eigenvalue weighted by Gasteiger charge is -2.37. The molecule has 2 rings (SSSR count). The molecule has 1 aromatic carbocycles. The van der Waals surface area contributed by atoms with Gasteiger partial charge in [0.1, 0.15) is 0 Å². The van der Waals surface area contributed by atoms with E-state index in [0.29, 0.717) is 12.3 Å². The number of guanidine groups is 1. The highest BCUT2D eigenvalue weighted by molar-refractivity contribution is 14.0. The van der Waals surface area contributed by atoms with Crippen LogP contribution in [0.2, 0.25) is 5.02 Å². The van der Waals surface area contributed by atoms with E-state index in [-0.39, 0.29) is 28.7 Å². The summed E-state index contributed by atoms with van der Waals surface area (Å²) in [5.41, 5.74) is 1.17. The normalized spacial score (nSPS) is 16.7. The predicted octanol–water partition coefficient (Wildman–Crippen LogP) is 3.59. The second-order valence-electron chi connectivity index (χ2n) is 7.35. The third-order valence-electron chi connectivity index (χ3n) is 4.31. The lowest BCUT2D eigenvalue weighted by Crippen LogP contribution is -2.52. The van der Waals surface area contributed by atoms with Crippen molar-refractivity contribution in [1.29, 1.82) is 0 Å². The molecule has 27 heavy (non-hydrogen) atoms. The van der Waals surface area contributed by atoms with E-state index < -0.39 is 10.8 Å². The maximum Gasteiger partial charge on any atom is 0.194 e. The second-order valence-corrected chi connectivity index (χ2v) is 10.1. The number of aliphatic imine (C=N–C) groups is 1. The van der Waals surface area contributed by atoms with Crippen LogP contribution in [0.1, 0.15) is 27.7 Å². The summed E-state index contributed by atoms with van der Waals surface area (Å²) in [7, 11) is -0.870. The molecule has 0 spiro atoms. The van der Waals surface area contributed by atoms with Crippen LogP contribution in [-0.4, -0.2) is 64.8 Å². The largest absolute Gasteiger partial charge is 0.368 e. The van der Waals surface area contributed by atoms with Crippen LogP contribution in [0.5, 0.6) is 0 Å². The molecule has 0 amide bonds. The molecule has 0 bridgehead atoms. The average molecular weight is 527 g/mol. The fourth-order valence-corrected chi connectivity index (χ4v) is 3.87. The standard InChI is InChI=1S/C19H31ClN4OS.HI/c1-5-21-18(22-9-14-26(25)19(2,3)4)24-12-10-23(11-13-24)17-8-6-7-16(20)15-17;/h6-8,15H,5,9-14H2,1-4H3,(H,21,22);1H. The summed E-state index contributed by atoms with van der Waals surface area (Å²) in [4.78, 5) is 9.33. The molecule has 0 aromatic heterocycles. The first-order chi connectivity index (χ1) is 12.3. The molecule has 154 valence electrons. The molecule has 1 saturated heterocycles. The molecule has 8 heteroatoms. The Kier molecular flexibility index (Phi) is 10.4. The van der Waals surface area contributed by atoms with Crippen molar-refractivity contribution in [3.8, 4) is 0 Å². The van der Waals surface area contributed by atoms with Crippen LogP contribution < -0.4 is 10.2 Å². The van der Waals surface area contributed by atoms with Crippen LogP contribution in [0.15, 0.2) is 29.3 Å². The zero-order chi connectivity index (χ0) is 19.2. The quantitative estimate of drug-likeness (QED) is 0.362. The monoisotopic (exact) mass is 526 g/mol. The van der Waals surface area contributed by atoms with Gasteiger partial charge in [0.05, 0.1) is 6.54 Å². The summed E-state index contributed by atoms with van der Waals surface area (Å²) in [5, 5.41) is 4.14. The molecule has 0 aliphatic carbocycles. The highest BCUT2D eigenvalue weighted by atomic mass is 127. The van der Waals surface area contributed by atoms with Crippen LogP contribution in [0, 0.1) is 0 Å². The molecule has 1 aliphatic rings. The number of rotatable bonds is 5. The average Bonchev–Trinajstić information content (AvgIpc) is 2.60. The highest BCUT2D eigenvalue weighted by Crippen LogP contribution is 2.20. The van der Waals surface area contributed by atoms with Crippen molar-refractivity contribution in [2.45, 2.75) is 32.4 Å². The number of benzene rings is 1. The van der Waals surface area contributed by atoms with E-state index >= 15 is 0 Å². The Labute approximate surface area is 188 Å². The summed E-state index contributed by atoms with van der Waals surface area (Å²) in [6, 6.07) is 8.00. The van der Waals surface area contributed by atoms with Gasteiger partial charge in [0.15, 0.2) is 5.96 Å². The zero-order valence-corrected chi connectivity index (χ0v) is 20.6. The molecule has 1 heterocycles. The SMILES string of the molecule is CCNC(=NCCS(=O)C(C)(C)C)N1CCN(c2cccc(Cl)c2)CC1.I.